The van der Waals surface area contributed by atoms with Gasteiger partial charge in [-0.15, -0.1) is 6.42 Å². The molecule has 2 rings (SSSR count). The molecular formula is C18H14BrIN2O3. The van der Waals surface area contributed by atoms with Gasteiger partial charge in [-0.1, -0.05) is 5.92 Å². The summed E-state index contributed by atoms with van der Waals surface area (Å²) < 4.78 is 12.2. The Morgan fingerprint density at radius 3 is 2.84 bits per heavy atom. The fourth-order valence-electron chi connectivity index (χ4n) is 1.86. The maximum Gasteiger partial charge on any atom is 0.271 e. The molecule has 1 N–H and O–H groups in total. The number of hydrogen-bond donors (Lipinski definition) is 1. The molecule has 25 heavy (non-hydrogen) atoms. The van der Waals surface area contributed by atoms with Crippen LogP contribution in [0.15, 0.2) is 46.0 Å². The number of carbonyl (C=O) groups is 1. The van der Waals surface area contributed by atoms with Crippen LogP contribution < -0.4 is 14.9 Å². The van der Waals surface area contributed by atoms with Crippen molar-refractivity contribution in [3.63, 3.8) is 0 Å². The number of halogens is 2. The molecule has 0 radical (unpaired) electrons. The number of methoxy groups -OCH3 is 1. The van der Waals surface area contributed by atoms with Gasteiger partial charge in [0.2, 0.25) is 0 Å². The molecule has 7 heteroatoms. The van der Waals surface area contributed by atoms with Crippen molar-refractivity contribution >= 4 is 50.6 Å². The molecule has 0 heterocycles. The van der Waals surface area contributed by atoms with Crippen LogP contribution in [0.25, 0.3) is 0 Å². The summed E-state index contributed by atoms with van der Waals surface area (Å²) in [5.41, 5.74) is 3.74. The first-order chi connectivity index (χ1) is 12.0. The van der Waals surface area contributed by atoms with Crippen molar-refractivity contribution in [2.45, 2.75) is 0 Å². The molecule has 2 aromatic rings. The van der Waals surface area contributed by atoms with E-state index in [0.717, 1.165) is 13.6 Å². The molecule has 2 aromatic carbocycles. The zero-order valence-corrected chi connectivity index (χ0v) is 17.0. The Morgan fingerprint density at radius 2 is 2.16 bits per heavy atom. The highest BCUT2D eigenvalue weighted by atomic mass is 127. The van der Waals surface area contributed by atoms with E-state index in [4.69, 9.17) is 15.9 Å². The monoisotopic (exact) mass is 512 g/mol. The Hall–Kier alpha value is -2.05. The molecule has 0 spiro atoms. The van der Waals surface area contributed by atoms with Crippen molar-refractivity contribution in [2.24, 2.45) is 5.10 Å². The summed E-state index contributed by atoms with van der Waals surface area (Å²) in [6, 6.07) is 10.6. The number of carbonyl (C=O) groups excluding carboxylic acids is 1. The van der Waals surface area contributed by atoms with E-state index in [-0.39, 0.29) is 12.5 Å². The van der Waals surface area contributed by atoms with Gasteiger partial charge in [0.05, 0.1) is 21.4 Å². The molecule has 0 aliphatic heterocycles. The highest BCUT2D eigenvalue weighted by molar-refractivity contribution is 14.1. The number of nitrogens with one attached hydrogen (secondary N) is 1. The molecule has 0 bridgehead atoms. The lowest BCUT2D eigenvalue weighted by molar-refractivity contribution is 0.0954. The van der Waals surface area contributed by atoms with E-state index in [2.05, 4.69) is 55.0 Å². The molecule has 5 nitrogen and oxygen atoms in total. The van der Waals surface area contributed by atoms with Gasteiger partial charge in [-0.05, 0) is 80.5 Å². The van der Waals surface area contributed by atoms with Gasteiger partial charge in [-0.25, -0.2) is 5.43 Å². The average molecular weight is 513 g/mol. The molecule has 0 saturated carbocycles. The third-order valence-corrected chi connectivity index (χ3v) is 4.57. The molecule has 0 aromatic heterocycles. The van der Waals surface area contributed by atoms with Crippen molar-refractivity contribution in [3.8, 4) is 23.8 Å². The van der Waals surface area contributed by atoms with Gasteiger partial charge in [0, 0.05) is 5.56 Å². The van der Waals surface area contributed by atoms with E-state index in [9.17, 15) is 4.79 Å². The molecule has 0 aliphatic rings. The van der Waals surface area contributed by atoms with E-state index < -0.39 is 0 Å². The maximum absolute atomic E-state index is 12.1. The van der Waals surface area contributed by atoms with Crippen LogP contribution in [-0.4, -0.2) is 25.8 Å². The number of amides is 1. The Balaban J connectivity index is 2.02. The predicted octanol–water partition coefficient (Wildman–Crippen LogP) is 3.84. The van der Waals surface area contributed by atoms with E-state index in [0.29, 0.717) is 17.1 Å². The minimum atomic E-state index is -0.320. The van der Waals surface area contributed by atoms with E-state index in [1.807, 2.05) is 12.1 Å². The van der Waals surface area contributed by atoms with E-state index >= 15 is 0 Å². The first-order valence-corrected chi connectivity index (χ1v) is 8.95. The van der Waals surface area contributed by atoms with Gasteiger partial charge in [0.25, 0.3) is 5.91 Å². The van der Waals surface area contributed by atoms with Crippen LogP contribution >= 0.6 is 38.5 Å². The zero-order valence-electron chi connectivity index (χ0n) is 13.3. The lowest BCUT2D eigenvalue weighted by atomic mass is 10.2. The number of rotatable bonds is 6. The number of ether oxygens (including phenoxy) is 2. The number of hydrogen-bond acceptors (Lipinski definition) is 4. The summed E-state index contributed by atoms with van der Waals surface area (Å²) >= 11 is 5.54. The van der Waals surface area contributed by atoms with Crippen LogP contribution in [0.1, 0.15) is 15.9 Å². The first kappa shape index (κ1) is 19.3. The SMILES string of the molecule is C#CCOc1ccc(/C=N\NC(=O)c2ccc(I)c(OC)c2)cc1Br. The molecule has 0 atom stereocenters. The summed E-state index contributed by atoms with van der Waals surface area (Å²) in [6.07, 6.45) is 6.70. The number of benzene rings is 2. The van der Waals surface area contributed by atoms with Crippen molar-refractivity contribution in [2.75, 3.05) is 13.7 Å². The molecule has 0 saturated heterocycles. The van der Waals surface area contributed by atoms with Crippen LogP contribution in [0.3, 0.4) is 0 Å². The summed E-state index contributed by atoms with van der Waals surface area (Å²) in [5, 5.41) is 3.97. The quantitative estimate of drug-likeness (QED) is 0.277. The maximum atomic E-state index is 12.1. The largest absolute Gasteiger partial charge is 0.496 e. The highest BCUT2D eigenvalue weighted by Gasteiger charge is 2.08. The summed E-state index contributed by atoms with van der Waals surface area (Å²) in [5.74, 6) is 3.37. The minimum absolute atomic E-state index is 0.196. The summed E-state index contributed by atoms with van der Waals surface area (Å²) in [6.45, 7) is 0.196. The van der Waals surface area contributed by atoms with Gasteiger partial charge in [-0.3, -0.25) is 4.79 Å². The Labute approximate surface area is 168 Å². The molecule has 1 amide bonds. The smallest absolute Gasteiger partial charge is 0.271 e. The zero-order chi connectivity index (χ0) is 18.2. The van der Waals surface area contributed by atoms with Crippen LogP contribution in [0.2, 0.25) is 0 Å². The lowest BCUT2D eigenvalue weighted by Crippen LogP contribution is -2.17. The minimum Gasteiger partial charge on any atom is -0.496 e. The third-order valence-electron chi connectivity index (χ3n) is 3.06. The van der Waals surface area contributed by atoms with Gasteiger partial charge in [0.15, 0.2) is 0 Å². The second kappa shape index (κ2) is 9.44. The van der Waals surface area contributed by atoms with Gasteiger partial charge < -0.3 is 9.47 Å². The lowest BCUT2D eigenvalue weighted by Gasteiger charge is -2.06. The van der Waals surface area contributed by atoms with Crippen LogP contribution in [-0.2, 0) is 0 Å². The number of terminal acetylenes is 1. The topological polar surface area (TPSA) is 59.9 Å². The molecule has 0 unspecified atom stereocenters. The van der Waals surface area contributed by atoms with Crippen molar-refractivity contribution in [3.05, 3.63) is 55.6 Å². The molecule has 0 aliphatic carbocycles. The number of hydrazone groups is 1. The molecule has 128 valence electrons. The van der Waals surface area contributed by atoms with E-state index in [1.54, 1.807) is 31.4 Å². The molecule has 0 fully saturated rings. The van der Waals surface area contributed by atoms with Crippen LogP contribution in [0, 0.1) is 15.9 Å². The van der Waals surface area contributed by atoms with Gasteiger partial charge >= 0.3 is 0 Å². The predicted molar refractivity (Wildman–Crippen MR) is 109 cm³/mol. The highest BCUT2D eigenvalue weighted by Crippen LogP contribution is 2.25. The normalized spacial score (nSPS) is 10.3. The Morgan fingerprint density at radius 1 is 1.36 bits per heavy atom. The average Bonchev–Trinajstić information content (AvgIpc) is 2.61. The van der Waals surface area contributed by atoms with Crippen molar-refractivity contribution in [1.82, 2.24) is 5.43 Å². The van der Waals surface area contributed by atoms with Crippen LogP contribution in [0.5, 0.6) is 11.5 Å². The van der Waals surface area contributed by atoms with E-state index in [1.165, 1.54) is 6.21 Å². The first-order valence-electron chi connectivity index (χ1n) is 7.08. The second-order valence-electron chi connectivity index (χ2n) is 4.73. The second-order valence-corrected chi connectivity index (χ2v) is 6.75. The fraction of sp³-hybridized carbons (Fsp3) is 0.111. The van der Waals surface area contributed by atoms with Gasteiger partial charge in [-0.2, -0.15) is 5.10 Å². The van der Waals surface area contributed by atoms with Crippen molar-refractivity contribution in [1.29, 1.82) is 0 Å². The standard InChI is InChI=1S/C18H14BrIN2O3/c1-3-8-25-16-7-4-12(9-14(16)19)11-21-22-18(23)13-5-6-15(20)17(10-13)24-2/h1,4-7,9-11H,8H2,2H3,(H,22,23)/b21-11-. The third kappa shape index (κ3) is 5.47. The van der Waals surface area contributed by atoms with Crippen LogP contribution in [0.4, 0.5) is 0 Å². The number of nitrogens with zero attached hydrogens (tertiary/aromatic N) is 1. The Bertz CT molecular complexity index is 847. The van der Waals surface area contributed by atoms with Crippen molar-refractivity contribution < 1.29 is 14.3 Å². The Kier molecular flexibility index (Phi) is 7.28. The summed E-state index contributed by atoms with van der Waals surface area (Å²) in [7, 11) is 1.56. The fourth-order valence-corrected chi connectivity index (χ4v) is 2.93. The molecular weight excluding hydrogens is 499 g/mol. The van der Waals surface area contributed by atoms with Gasteiger partial charge in [0.1, 0.15) is 18.1 Å². The summed E-state index contributed by atoms with van der Waals surface area (Å²) in [4.78, 5) is 12.1.